The number of aromatic nitrogens is 3. The minimum atomic E-state index is -2.99. The van der Waals surface area contributed by atoms with E-state index in [1.807, 2.05) is 13.0 Å². The molecule has 4 rings (SSSR count). The van der Waals surface area contributed by atoms with Gasteiger partial charge in [-0.05, 0) is 36.8 Å². The lowest BCUT2D eigenvalue weighted by molar-refractivity contribution is -0.0528. The monoisotopic (exact) mass is 443 g/mol. The molecule has 0 atom stereocenters. The number of aryl methyl sites for hydroxylation is 1. The summed E-state index contributed by atoms with van der Waals surface area (Å²) in [6.07, 6.45) is 1.14. The zero-order valence-electron chi connectivity index (χ0n) is 17.2. The Labute approximate surface area is 180 Å². The van der Waals surface area contributed by atoms with Gasteiger partial charge < -0.3 is 9.84 Å². The van der Waals surface area contributed by atoms with E-state index in [1.54, 1.807) is 32.9 Å². The third kappa shape index (κ3) is 4.05. The van der Waals surface area contributed by atoms with Crippen LogP contribution >= 0.6 is 11.3 Å². The van der Waals surface area contributed by atoms with E-state index in [0.29, 0.717) is 37.4 Å². The lowest BCUT2D eigenvalue weighted by Gasteiger charge is -2.16. The molecule has 31 heavy (non-hydrogen) atoms. The Kier molecular flexibility index (Phi) is 5.09. The van der Waals surface area contributed by atoms with Crippen LogP contribution in [0.25, 0.3) is 31.8 Å². The number of ether oxygens (including phenoxy) is 1. The van der Waals surface area contributed by atoms with Gasteiger partial charge in [-0.15, -0.1) is 11.3 Å². The number of nitrogens with zero attached hydrogens (tertiary/aromatic N) is 3. The molecule has 0 unspecified atom stereocenters. The van der Waals surface area contributed by atoms with Crippen LogP contribution in [0.15, 0.2) is 30.5 Å². The number of phenolic OH excluding ortho intramolecular Hbond substituents is 1. The van der Waals surface area contributed by atoms with Gasteiger partial charge in [-0.2, -0.15) is 8.78 Å². The average Bonchev–Trinajstić information content (AvgIpc) is 3.08. The summed E-state index contributed by atoms with van der Waals surface area (Å²) in [5.41, 5.74) is 2.55. The van der Waals surface area contributed by atoms with Gasteiger partial charge in [0.05, 0.1) is 27.4 Å². The Morgan fingerprint density at radius 3 is 2.55 bits per heavy atom. The van der Waals surface area contributed by atoms with Gasteiger partial charge in [-0.25, -0.2) is 15.0 Å². The number of alkyl halides is 2. The summed E-state index contributed by atoms with van der Waals surface area (Å²) in [5, 5.41) is 10.7. The second-order valence-electron chi connectivity index (χ2n) is 8.21. The van der Waals surface area contributed by atoms with Crippen LogP contribution in [-0.2, 0) is 0 Å². The van der Waals surface area contributed by atoms with Gasteiger partial charge in [0.2, 0.25) is 5.88 Å². The number of hydrogen-bond acceptors (Lipinski definition) is 7. The lowest BCUT2D eigenvalue weighted by Crippen LogP contribution is -2.20. The van der Waals surface area contributed by atoms with Crippen LogP contribution in [0, 0.1) is 12.3 Å². The molecule has 0 aliphatic rings. The third-order valence-corrected chi connectivity index (χ3v) is 5.65. The number of carbonyl (C=O) groups is 1. The van der Waals surface area contributed by atoms with Crippen molar-refractivity contribution in [3.8, 4) is 22.2 Å². The number of ketones is 1. The molecule has 6 nitrogen and oxygen atoms in total. The molecular formula is C22H19F2N3O3S. The number of aromatic hydroxyl groups is 1. The van der Waals surface area contributed by atoms with E-state index >= 15 is 0 Å². The molecule has 0 amide bonds. The van der Waals surface area contributed by atoms with Gasteiger partial charge in [-0.3, -0.25) is 4.79 Å². The Morgan fingerprint density at radius 1 is 1.13 bits per heavy atom. The smallest absolute Gasteiger partial charge is 0.388 e. The summed E-state index contributed by atoms with van der Waals surface area (Å²) in [6, 6.07) is 6.58. The molecule has 0 aliphatic heterocycles. The molecule has 0 bridgehead atoms. The van der Waals surface area contributed by atoms with E-state index in [4.69, 9.17) is 0 Å². The minimum absolute atomic E-state index is 0.0158. The van der Waals surface area contributed by atoms with Crippen LogP contribution < -0.4 is 4.74 Å². The second kappa shape index (κ2) is 7.49. The van der Waals surface area contributed by atoms with Crippen LogP contribution in [0.2, 0.25) is 0 Å². The number of Topliss-reactive ketones (excluding diaryl/α,β-unsaturated/α-hetero) is 1. The molecule has 2 heterocycles. The van der Waals surface area contributed by atoms with Crippen LogP contribution in [0.3, 0.4) is 0 Å². The van der Waals surface area contributed by atoms with Crippen molar-refractivity contribution in [3.63, 3.8) is 0 Å². The molecule has 0 saturated heterocycles. The van der Waals surface area contributed by atoms with Crippen molar-refractivity contribution < 1.29 is 23.4 Å². The third-order valence-electron chi connectivity index (χ3n) is 4.61. The maximum absolute atomic E-state index is 12.9. The number of rotatable bonds is 4. The largest absolute Gasteiger partial charge is 0.508 e. The molecular weight excluding hydrogens is 424 g/mol. The molecule has 4 aromatic rings. The zero-order chi connectivity index (χ0) is 22.5. The molecule has 1 N–H and O–H groups in total. The molecule has 2 aromatic heterocycles. The van der Waals surface area contributed by atoms with Crippen LogP contribution in [-0.4, -0.2) is 32.5 Å². The number of benzene rings is 2. The van der Waals surface area contributed by atoms with E-state index in [2.05, 4.69) is 19.7 Å². The first-order valence-corrected chi connectivity index (χ1v) is 10.3. The number of fused-ring (bicyclic) bond motifs is 2. The standard InChI is InChI=1S/C22H19F2N3O3S/c1-10-5-13(17-14(6-10)26-16(9-25-17)30-21(23)24)20-27-18-12(19(29)22(2,3)4)7-11(28)8-15(18)31-20/h5-9,21,28H,1-4H3. The first-order chi connectivity index (χ1) is 14.5. The van der Waals surface area contributed by atoms with Crippen molar-refractivity contribution in [1.29, 1.82) is 0 Å². The Hall–Kier alpha value is -3.20. The normalized spacial score (nSPS) is 12.1. The number of halogens is 2. The first kappa shape index (κ1) is 21.0. The molecule has 160 valence electrons. The first-order valence-electron chi connectivity index (χ1n) is 9.44. The van der Waals surface area contributed by atoms with Gasteiger partial charge in [0.25, 0.3) is 0 Å². The molecule has 9 heteroatoms. The van der Waals surface area contributed by atoms with Crippen molar-refractivity contribution in [3.05, 3.63) is 41.6 Å². The van der Waals surface area contributed by atoms with E-state index in [9.17, 15) is 18.7 Å². The topological polar surface area (TPSA) is 85.2 Å². The highest BCUT2D eigenvalue weighted by Crippen LogP contribution is 2.38. The fraction of sp³-hybridized carbons (Fsp3) is 0.273. The highest BCUT2D eigenvalue weighted by molar-refractivity contribution is 7.21. The van der Waals surface area contributed by atoms with E-state index < -0.39 is 12.0 Å². The number of thiazole rings is 1. The van der Waals surface area contributed by atoms with Crippen molar-refractivity contribution in [1.82, 2.24) is 15.0 Å². The number of hydrogen-bond donors (Lipinski definition) is 1. The number of phenols is 1. The van der Waals surface area contributed by atoms with E-state index in [-0.39, 0.29) is 17.4 Å². The van der Waals surface area contributed by atoms with Gasteiger partial charge in [0, 0.05) is 16.5 Å². The predicted molar refractivity (Wildman–Crippen MR) is 115 cm³/mol. The maximum Gasteiger partial charge on any atom is 0.388 e. The van der Waals surface area contributed by atoms with Crippen LogP contribution in [0.4, 0.5) is 8.78 Å². The van der Waals surface area contributed by atoms with Crippen molar-refractivity contribution >= 4 is 38.4 Å². The van der Waals surface area contributed by atoms with Crippen LogP contribution in [0.1, 0.15) is 36.7 Å². The second-order valence-corrected chi connectivity index (χ2v) is 9.24. The summed E-state index contributed by atoms with van der Waals surface area (Å²) in [7, 11) is 0. The molecule has 0 fully saturated rings. The highest BCUT2D eigenvalue weighted by atomic mass is 32.1. The summed E-state index contributed by atoms with van der Waals surface area (Å²) >= 11 is 1.30. The average molecular weight is 443 g/mol. The van der Waals surface area contributed by atoms with Gasteiger partial charge >= 0.3 is 6.61 Å². The molecule has 0 radical (unpaired) electrons. The van der Waals surface area contributed by atoms with Crippen LogP contribution in [0.5, 0.6) is 11.6 Å². The fourth-order valence-electron chi connectivity index (χ4n) is 3.27. The quantitative estimate of drug-likeness (QED) is 0.404. The Balaban J connectivity index is 1.92. The van der Waals surface area contributed by atoms with Gasteiger partial charge in [0.15, 0.2) is 5.78 Å². The molecule has 2 aromatic carbocycles. The predicted octanol–water partition coefficient (Wildman–Crippen LogP) is 5.75. The minimum Gasteiger partial charge on any atom is -0.508 e. The van der Waals surface area contributed by atoms with Crippen molar-refractivity contribution in [2.24, 2.45) is 5.41 Å². The Bertz CT molecular complexity index is 1330. The zero-order valence-corrected chi connectivity index (χ0v) is 18.1. The maximum atomic E-state index is 12.9. The molecule has 0 spiro atoms. The summed E-state index contributed by atoms with van der Waals surface area (Å²) < 4.78 is 30.1. The van der Waals surface area contributed by atoms with Gasteiger partial charge in [-0.1, -0.05) is 20.8 Å². The summed E-state index contributed by atoms with van der Waals surface area (Å²) in [4.78, 5) is 26.0. The summed E-state index contributed by atoms with van der Waals surface area (Å²) in [5.74, 6) is -0.419. The van der Waals surface area contributed by atoms with Crippen molar-refractivity contribution in [2.75, 3.05) is 0 Å². The fourth-order valence-corrected chi connectivity index (χ4v) is 4.31. The Morgan fingerprint density at radius 2 is 1.87 bits per heavy atom. The molecule has 0 aliphatic carbocycles. The van der Waals surface area contributed by atoms with Gasteiger partial charge in [0.1, 0.15) is 10.8 Å². The summed E-state index contributed by atoms with van der Waals surface area (Å²) in [6.45, 7) is 4.27. The highest BCUT2D eigenvalue weighted by Gasteiger charge is 2.27. The lowest BCUT2D eigenvalue weighted by atomic mass is 9.86. The van der Waals surface area contributed by atoms with Crippen molar-refractivity contribution in [2.45, 2.75) is 34.3 Å². The molecule has 0 saturated carbocycles. The number of carbonyl (C=O) groups excluding carboxylic acids is 1. The van der Waals surface area contributed by atoms with E-state index in [1.165, 1.54) is 17.4 Å². The van der Waals surface area contributed by atoms with E-state index in [0.717, 1.165) is 11.8 Å². The SMILES string of the molecule is Cc1cc(-c2nc3c(C(=O)C(C)(C)C)cc(O)cc3s2)c2ncc(OC(F)F)nc2c1.